The van der Waals surface area contributed by atoms with Crippen molar-refractivity contribution in [1.82, 2.24) is 0 Å². The van der Waals surface area contributed by atoms with Crippen molar-refractivity contribution in [1.29, 1.82) is 0 Å². The van der Waals surface area contributed by atoms with Crippen LogP contribution in [0.1, 0.15) is 78.1 Å². The topological polar surface area (TPSA) is 205 Å². The second kappa shape index (κ2) is 19.9. The highest BCUT2D eigenvalue weighted by Crippen LogP contribution is 2.43. The number of nitro benzene ring substituents is 1. The van der Waals surface area contributed by atoms with Crippen LogP contribution in [-0.4, -0.2) is 67.9 Å². The molecule has 362 valence electrons. The molecule has 16 nitrogen and oxygen atoms in total. The third-order valence-corrected chi connectivity index (χ3v) is 13.6. The van der Waals surface area contributed by atoms with Gasteiger partial charge in [-0.25, -0.2) is 0 Å². The van der Waals surface area contributed by atoms with E-state index >= 15 is 0 Å². The minimum absolute atomic E-state index is 0.00197. The standard InChI is InChI=1S/C27H26N2O8S.C26H25NO5/c1-35-25-14-23-19(7-8-21-12-20-5-3-4-6-24(20)28(21)27(23)30)13-26(25)36-15-17-9-18(16-37-38(2,33)34)11-22(10-17)29(31)32;1-31-24-13-22-18(12-25(24)32-15-17-8-16(14-28)9-21(29)10-17)6-7-20-11-19-4-2-3-5-23(19)27(20)26(22)30/h3-6,9-11,13-14,21H,7-8,12,15-16H2,1-2H3;2-5,8-10,12-13,20,28-29H,6-7,11,14-15H2,1H3/t21-;20-/m11/s1. The Morgan fingerprint density at radius 1 is 0.629 bits per heavy atom. The van der Waals surface area contributed by atoms with E-state index in [9.17, 15) is 38.3 Å². The third-order valence-electron chi connectivity index (χ3n) is 13.0. The van der Waals surface area contributed by atoms with Gasteiger partial charge in [-0.1, -0.05) is 36.4 Å². The second-order valence-corrected chi connectivity index (χ2v) is 19.3. The molecule has 0 bridgehead atoms. The summed E-state index contributed by atoms with van der Waals surface area (Å²) in [7, 11) is -0.678. The van der Waals surface area contributed by atoms with Crippen LogP contribution in [0.15, 0.2) is 109 Å². The fraction of sp³-hybridized carbons (Fsp3) is 0.283. The van der Waals surface area contributed by atoms with Crippen molar-refractivity contribution >= 4 is 39.0 Å². The Hall–Kier alpha value is -7.47. The predicted octanol–water partition coefficient (Wildman–Crippen LogP) is 8.17. The number of aliphatic hydroxyl groups excluding tert-OH is 1. The van der Waals surface area contributed by atoms with Gasteiger partial charge in [0.1, 0.15) is 19.0 Å². The van der Waals surface area contributed by atoms with Crippen molar-refractivity contribution in [3.05, 3.63) is 175 Å². The molecule has 0 saturated carbocycles. The Balaban J connectivity index is 0.000000176. The number of fused-ring (bicyclic) bond motifs is 8. The minimum atomic E-state index is -3.72. The number of benzene rings is 6. The maximum Gasteiger partial charge on any atom is 0.270 e. The number of phenols is 1. The molecule has 4 heterocycles. The van der Waals surface area contributed by atoms with Crippen LogP contribution >= 0.6 is 0 Å². The molecule has 6 aromatic rings. The summed E-state index contributed by atoms with van der Waals surface area (Å²) in [6.07, 6.45) is 5.74. The van der Waals surface area contributed by atoms with Gasteiger partial charge in [-0.3, -0.25) is 23.9 Å². The van der Waals surface area contributed by atoms with Gasteiger partial charge in [0.2, 0.25) is 0 Å². The number of aromatic hydroxyl groups is 1. The van der Waals surface area contributed by atoms with Gasteiger partial charge >= 0.3 is 0 Å². The first-order valence-corrected chi connectivity index (χ1v) is 24.6. The van der Waals surface area contributed by atoms with E-state index in [0.717, 1.165) is 66.4 Å². The maximum atomic E-state index is 13.6. The molecule has 0 spiro atoms. The number of non-ortho nitro benzene ring substituents is 1. The van der Waals surface area contributed by atoms with E-state index in [1.54, 1.807) is 43.5 Å². The summed E-state index contributed by atoms with van der Waals surface area (Å²) in [5.74, 6) is 1.82. The highest BCUT2D eigenvalue weighted by molar-refractivity contribution is 7.85. The summed E-state index contributed by atoms with van der Waals surface area (Å²) in [4.78, 5) is 41.8. The lowest BCUT2D eigenvalue weighted by Gasteiger charge is -2.23. The zero-order chi connectivity index (χ0) is 49.3. The van der Waals surface area contributed by atoms with Crippen molar-refractivity contribution in [2.45, 2.75) is 77.0 Å². The first-order valence-electron chi connectivity index (χ1n) is 22.7. The van der Waals surface area contributed by atoms with Gasteiger partial charge in [-0.15, -0.1) is 0 Å². The number of methoxy groups -OCH3 is 2. The summed E-state index contributed by atoms with van der Waals surface area (Å²) in [5, 5.41) is 30.6. The maximum absolute atomic E-state index is 13.6. The molecular weight excluding hydrogens is 919 g/mol. The van der Waals surface area contributed by atoms with Crippen LogP contribution in [0, 0.1) is 10.1 Å². The Morgan fingerprint density at radius 2 is 1.09 bits per heavy atom. The lowest BCUT2D eigenvalue weighted by atomic mass is 9.99. The Morgan fingerprint density at radius 3 is 1.56 bits per heavy atom. The van der Waals surface area contributed by atoms with E-state index in [-0.39, 0.29) is 61.8 Å². The number of para-hydroxylation sites is 2. The summed E-state index contributed by atoms with van der Waals surface area (Å²) in [5.41, 5.74) is 9.24. The molecule has 0 aromatic heterocycles. The van der Waals surface area contributed by atoms with Crippen molar-refractivity contribution in [2.24, 2.45) is 0 Å². The number of aryl methyl sites for hydroxylation is 2. The van der Waals surface area contributed by atoms with Crippen LogP contribution in [0.25, 0.3) is 0 Å². The van der Waals surface area contributed by atoms with Crippen molar-refractivity contribution < 1.29 is 56.3 Å². The normalized spacial score (nSPS) is 16.5. The molecule has 0 aliphatic carbocycles. The number of phenolic OH excluding ortho intramolecular Hbond substituents is 1. The number of ether oxygens (including phenoxy) is 4. The smallest absolute Gasteiger partial charge is 0.270 e. The lowest BCUT2D eigenvalue weighted by Crippen LogP contribution is -2.36. The van der Waals surface area contributed by atoms with E-state index in [2.05, 4.69) is 12.1 Å². The number of hydrogen-bond acceptors (Lipinski definition) is 13. The van der Waals surface area contributed by atoms with Crippen LogP contribution in [0.3, 0.4) is 0 Å². The number of carbonyl (C=O) groups is 2. The first-order chi connectivity index (χ1) is 33.7. The lowest BCUT2D eigenvalue weighted by molar-refractivity contribution is -0.385. The SMILES string of the molecule is COc1cc2c(cc1OCc1cc(COS(C)(=O)=O)cc([N+](=O)[O-])c1)CC[C@@H]1Cc3ccccc3N1C2=O.COc1cc2c(cc1OCc1cc(O)cc(CO)c1)CC[C@@H]1Cc3ccccc3N1C2=O. The average Bonchev–Trinajstić information content (AvgIpc) is 3.85. The Labute approximate surface area is 404 Å². The number of nitro groups is 1. The third kappa shape index (κ3) is 9.99. The first kappa shape index (κ1) is 47.6. The van der Waals surface area contributed by atoms with Gasteiger partial charge < -0.3 is 39.0 Å². The molecule has 2 atom stereocenters. The van der Waals surface area contributed by atoms with Gasteiger partial charge in [-0.05, 0) is 144 Å². The number of aliphatic hydroxyl groups is 1. The van der Waals surface area contributed by atoms with Crippen LogP contribution in [0.2, 0.25) is 0 Å². The number of nitrogens with zero attached hydrogens (tertiary/aromatic N) is 3. The van der Waals surface area contributed by atoms with Crippen molar-refractivity contribution in [2.75, 3.05) is 30.3 Å². The molecule has 2 N–H and O–H groups in total. The van der Waals surface area contributed by atoms with E-state index in [4.69, 9.17) is 23.1 Å². The molecule has 0 saturated heterocycles. The molecule has 0 fully saturated rings. The van der Waals surface area contributed by atoms with Crippen LogP contribution in [0.5, 0.6) is 28.7 Å². The predicted molar refractivity (Wildman–Crippen MR) is 260 cm³/mol. The molecule has 0 radical (unpaired) electrons. The second-order valence-electron chi connectivity index (χ2n) is 17.7. The highest BCUT2D eigenvalue weighted by atomic mass is 32.2. The van der Waals surface area contributed by atoms with E-state index in [1.165, 1.54) is 36.4 Å². The van der Waals surface area contributed by atoms with Crippen molar-refractivity contribution in [3.63, 3.8) is 0 Å². The summed E-state index contributed by atoms with van der Waals surface area (Å²) < 4.78 is 50.6. The number of hydrogen-bond donors (Lipinski definition) is 2. The van der Waals surface area contributed by atoms with E-state index in [1.807, 2.05) is 52.3 Å². The average molecular weight is 970 g/mol. The van der Waals surface area contributed by atoms with Gasteiger partial charge in [-0.2, -0.15) is 8.42 Å². The fourth-order valence-corrected chi connectivity index (χ4v) is 10.2. The molecule has 10 rings (SSSR count). The van der Waals surface area contributed by atoms with Gasteiger partial charge in [0.15, 0.2) is 23.0 Å². The Bertz CT molecular complexity index is 3140. The Kier molecular flexibility index (Phi) is 13.5. The highest BCUT2D eigenvalue weighted by Gasteiger charge is 2.39. The van der Waals surface area contributed by atoms with Crippen molar-refractivity contribution in [3.8, 4) is 28.7 Å². The summed E-state index contributed by atoms with van der Waals surface area (Å²) >= 11 is 0. The van der Waals surface area contributed by atoms with Crippen LogP contribution < -0.4 is 28.7 Å². The summed E-state index contributed by atoms with van der Waals surface area (Å²) in [6, 6.07) is 32.6. The van der Waals surface area contributed by atoms with Crippen LogP contribution in [0.4, 0.5) is 17.1 Å². The van der Waals surface area contributed by atoms with Crippen LogP contribution in [-0.2, 0) is 66.4 Å². The summed E-state index contributed by atoms with van der Waals surface area (Å²) in [6.45, 7) is -0.337. The van der Waals surface area contributed by atoms with E-state index in [0.29, 0.717) is 57.2 Å². The molecule has 70 heavy (non-hydrogen) atoms. The number of carbonyl (C=O) groups excluding carboxylic acids is 2. The minimum Gasteiger partial charge on any atom is -0.508 e. The molecular formula is C53H51N3O13S. The molecule has 17 heteroatoms. The molecule has 2 amide bonds. The number of amides is 2. The molecule has 6 aromatic carbocycles. The number of anilines is 2. The number of rotatable bonds is 13. The monoisotopic (exact) mass is 969 g/mol. The molecule has 4 aliphatic heterocycles. The van der Waals surface area contributed by atoms with Gasteiger partial charge in [0.25, 0.3) is 27.6 Å². The van der Waals surface area contributed by atoms with Gasteiger partial charge in [0.05, 0.1) is 38.6 Å². The zero-order valence-corrected chi connectivity index (χ0v) is 39.6. The molecule has 4 aliphatic rings. The zero-order valence-electron chi connectivity index (χ0n) is 38.8. The fourth-order valence-electron chi connectivity index (χ4n) is 9.83. The molecule has 0 unspecified atom stereocenters. The quantitative estimate of drug-likeness (QED) is 0.0638. The van der Waals surface area contributed by atoms with E-state index < -0.39 is 15.0 Å². The van der Waals surface area contributed by atoms with Gasteiger partial charge in [0, 0.05) is 46.7 Å². The largest absolute Gasteiger partial charge is 0.508 e.